The minimum absolute atomic E-state index is 0.0720. The number of aromatic amines is 1. The molecule has 1 saturated heterocycles. The fourth-order valence-electron chi connectivity index (χ4n) is 2.56. The molecule has 1 aliphatic heterocycles. The number of piperidine rings is 1. The molecule has 0 aliphatic carbocycles. The van der Waals surface area contributed by atoms with Gasteiger partial charge in [0.2, 0.25) is 0 Å². The van der Waals surface area contributed by atoms with E-state index in [0.717, 1.165) is 38.9 Å². The SMILES string of the molecule is CNCCC1CCN(C(=O)c2cc([N+](=O)[O-])c[nH]2)CC1. The Morgan fingerprint density at radius 1 is 1.55 bits per heavy atom. The number of carbonyl (C=O) groups is 1. The van der Waals surface area contributed by atoms with Crippen LogP contribution in [0.2, 0.25) is 0 Å². The molecular formula is C13H20N4O3. The fourth-order valence-corrected chi connectivity index (χ4v) is 2.56. The summed E-state index contributed by atoms with van der Waals surface area (Å²) >= 11 is 0. The van der Waals surface area contributed by atoms with Crippen molar-refractivity contribution in [1.82, 2.24) is 15.2 Å². The zero-order valence-electron chi connectivity index (χ0n) is 11.6. The molecule has 1 fully saturated rings. The summed E-state index contributed by atoms with van der Waals surface area (Å²) in [7, 11) is 1.94. The van der Waals surface area contributed by atoms with Crippen LogP contribution in [0.5, 0.6) is 0 Å². The highest BCUT2D eigenvalue weighted by Gasteiger charge is 2.25. The molecule has 2 N–H and O–H groups in total. The molecule has 7 heteroatoms. The number of likely N-dealkylation sites (tertiary alicyclic amines) is 1. The molecule has 2 rings (SSSR count). The predicted molar refractivity (Wildman–Crippen MR) is 74.6 cm³/mol. The molecule has 0 unspecified atom stereocenters. The summed E-state index contributed by atoms with van der Waals surface area (Å²) < 4.78 is 0. The molecule has 20 heavy (non-hydrogen) atoms. The molecule has 1 aromatic heterocycles. The molecule has 1 aliphatic rings. The van der Waals surface area contributed by atoms with Gasteiger partial charge in [0.25, 0.3) is 11.6 Å². The molecule has 7 nitrogen and oxygen atoms in total. The Kier molecular flexibility index (Phi) is 4.73. The normalized spacial score (nSPS) is 16.4. The average molecular weight is 280 g/mol. The van der Waals surface area contributed by atoms with Crippen molar-refractivity contribution in [3.05, 3.63) is 28.1 Å². The number of H-pyrrole nitrogens is 1. The number of hydrogen-bond donors (Lipinski definition) is 2. The lowest BCUT2D eigenvalue weighted by molar-refractivity contribution is -0.384. The smallest absolute Gasteiger partial charge is 0.287 e. The predicted octanol–water partition coefficient (Wildman–Crippen LogP) is 1.38. The van der Waals surface area contributed by atoms with Gasteiger partial charge in [0.05, 0.1) is 11.1 Å². The Bertz CT molecular complexity index is 478. The topological polar surface area (TPSA) is 91.3 Å². The van der Waals surface area contributed by atoms with Crippen LogP contribution in [0, 0.1) is 16.0 Å². The quantitative estimate of drug-likeness (QED) is 0.629. The van der Waals surface area contributed by atoms with Gasteiger partial charge in [-0.3, -0.25) is 14.9 Å². The van der Waals surface area contributed by atoms with Crippen LogP contribution in [-0.2, 0) is 0 Å². The molecule has 1 amide bonds. The Morgan fingerprint density at radius 3 is 2.80 bits per heavy atom. The lowest BCUT2D eigenvalue weighted by Gasteiger charge is -2.31. The molecule has 0 bridgehead atoms. The van der Waals surface area contributed by atoms with Crippen LogP contribution in [-0.4, -0.2) is 47.4 Å². The third-order valence-electron chi connectivity index (χ3n) is 3.81. The van der Waals surface area contributed by atoms with Crippen molar-refractivity contribution in [2.75, 3.05) is 26.7 Å². The minimum atomic E-state index is -0.503. The Hall–Kier alpha value is -1.89. The summed E-state index contributed by atoms with van der Waals surface area (Å²) in [6, 6.07) is 1.30. The summed E-state index contributed by atoms with van der Waals surface area (Å²) in [6.07, 6.45) is 4.38. The van der Waals surface area contributed by atoms with E-state index < -0.39 is 4.92 Å². The zero-order chi connectivity index (χ0) is 14.5. The van der Waals surface area contributed by atoms with E-state index in [4.69, 9.17) is 0 Å². The Morgan fingerprint density at radius 2 is 2.25 bits per heavy atom. The van der Waals surface area contributed by atoms with E-state index in [-0.39, 0.29) is 11.6 Å². The van der Waals surface area contributed by atoms with Crippen LogP contribution in [0.1, 0.15) is 29.8 Å². The van der Waals surface area contributed by atoms with Gasteiger partial charge in [0, 0.05) is 19.2 Å². The van der Waals surface area contributed by atoms with E-state index in [0.29, 0.717) is 11.6 Å². The zero-order valence-corrected chi connectivity index (χ0v) is 11.6. The maximum atomic E-state index is 12.2. The van der Waals surface area contributed by atoms with Crippen LogP contribution in [0.25, 0.3) is 0 Å². The van der Waals surface area contributed by atoms with Gasteiger partial charge in [-0.15, -0.1) is 0 Å². The summed E-state index contributed by atoms with van der Waals surface area (Å²) in [4.78, 5) is 26.8. The number of nitrogens with one attached hydrogen (secondary N) is 2. The van der Waals surface area contributed by atoms with Crippen molar-refractivity contribution in [2.45, 2.75) is 19.3 Å². The molecule has 0 atom stereocenters. The number of hydrogen-bond acceptors (Lipinski definition) is 4. The van der Waals surface area contributed by atoms with Gasteiger partial charge >= 0.3 is 0 Å². The third-order valence-corrected chi connectivity index (χ3v) is 3.81. The van der Waals surface area contributed by atoms with Gasteiger partial charge in [-0.05, 0) is 38.8 Å². The van der Waals surface area contributed by atoms with Gasteiger partial charge in [0.1, 0.15) is 5.69 Å². The van der Waals surface area contributed by atoms with Gasteiger partial charge in [-0.1, -0.05) is 0 Å². The number of carbonyl (C=O) groups excluding carboxylic acids is 1. The second-order valence-corrected chi connectivity index (χ2v) is 5.16. The standard InChI is InChI=1S/C13H20N4O3/c1-14-5-2-10-3-6-16(7-4-10)13(18)12-8-11(9-15-12)17(19)20/h8-10,14-15H,2-7H2,1H3. The second kappa shape index (κ2) is 6.51. The van der Waals surface area contributed by atoms with Crippen LogP contribution in [0.4, 0.5) is 5.69 Å². The Labute approximate surface area is 117 Å². The molecule has 2 heterocycles. The van der Waals surface area contributed by atoms with E-state index in [1.54, 1.807) is 4.90 Å². The number of rotatable bonds is 5. The number of aromatic nitrogens is 1. The van der Waals surface area contributed by atoms with Crippen LogP contribution >= 0.6 is 0 Å². The monoisotopic (exact) mass is 280 g/mol. The average Bonchev–Trinajstić information content (AvgIpc) is 2.95. The van der Waals surface area contributed by atoms with Crippen LogP contribution in [0.15, 0.2) is 12.3 Å². The van der Waals surface area contributed by atoms with Crippen LogP contribution < -0.4 is 5.32 Å². The van der Waals surface area contributed by atoms with Crippen molar-refractivity contribution < 1.29 is 9.72 Å². The molecule has 0 aromatic carbocycles. The first-order valence-electron chi connectivity index (χ1n) is 6.88. The highest BCUT2D eigenvalue weighted by molar-refractivity contribution is 5.93. The first kappa shape index (κ1) is 14.5. The van der Waals surface area contributed by atoms with E-state index >= 15 is 0 Å². The number of nitro groups is 1. The summed E-state index contributed by atoms with van der Waals surface area (Å²) in [5.74, 6) is 0.509. The maximum absolute atomic E-state index is 12.2. The van der Waals surface area contributed by atoms with Crippen LogP contribution in [0.3, 0.4) is 0 Å². The summed E-state index contributed by atoms with van der Waals surface area (Å²) in [6.45, 7) is 2.45. The van der Waals surface area contributed by atoms with Crippen molar-refractivity contribution in [3.63, 3.8) is 0 Å². The molecule has 0 radical (unpaired) electrons. The van der Waals surface area contributed by atoms with Gasteiger partial charge in [-0.2, -0.15) is 0 Å². The first-order chi connectivity index (χ1) is 9.61. The lowest BCUT2D eigenvalue weighted by atomic mass is 9.93. The third kappa shape index (κ3) is 3.36. The molecule has 1 aromatic rings. The van der Waals surface area contributed by atoms with E-state index in [1.165, 1.54) is 12.3 Å². The second-order valence-electron chi connectivity index (χ2n) is 5.16. The fraction of sp³-hybridized carbons (Fsp3) is 0.615. The van der Waals surface area contributed by atoms with E-state index in [1.807, 2.05) is 7.05 Å². The maximum Gasteiger partial charge on any atom is 0.287 e. The van der Waals surface area contributed by atoms with Gasteiger partial charge < -0.3 is 15.2 Å². The number of nitrogens with zero attached hydrogens (tertiary/aromatic N) is 2. The van der Waals surface area contributed by atoms with Crippen molar-refractivity contribution >= 4 is 11.6 Å². The highest BCUT2D eigenvalue weighted by Crippen LogP contribution is 2.22. The van der Waals surface area contributed by atoms with Crippen molar-refractivity contribution in [1.29, 1.82) is 0 Å². The largest absolute Gasteiger partial charge is 0.351 e. The van der Waals surface area contributed by atoms with Gasteiger partial charge in [-0.25, -0.2) is 0 Å². The lowest BCUT2D eigenvalue weighted by Crippen LogP contribution is -2.39. The van der Waals surface area contributed by atoms with Gasteiger partial charge in [0.15, 0.2) is 0 Å². The highest BCUT2D eigenvalue weighted by atomic mass is 16.6. The first-order valence-corrected chi connectivity index (χ1v) is 6.88. The van der Waals surface area contributed by atoms with Crippen molar-refractivity contribution in [2.24, 2.45) is 5.92 Å². The molecule has 0 saturated carbocycles. The van der Waals surface area contributed by atoms with E-state index in [2.05, 4.69) is 10.3 Å². The Balaban J connectivity index is 1.89. The summed E-state index contributed by atoms with van der Waals surface area (Å²) in [5.41, 5.74) is 0.225. The summed E-state index contributed by atoms with van der Waals surface area (Å²) in [5, 5.41) is 13.8. The minimum Gasteiger partial charge on any atom is -0.351 e. The molecular weight excluding hydrogens is 260 g/mol. The van der Waals surface area contributed by atoms with E-state index in [9.17, 15) is 14.9 Å². The number of amides is 1. The van der Waals surface area contributed by atoms with Crippen molar-refractivity contribution in [3.8, 4) is 0 Å². The molecule has 0 spiro atoms. The molecule has 110 valence electrons.